The lowest BCUT2D eigenvalue weighted by Gasteiger charge is -2.19. The lowest BCUT2D eigenvalue weighted by Crippen LogP contribution is -2.26. The molecular weight excluding hydrogens is 255 g/mol. The van der Waals surface area contributed by atoms with Crippen molar-refractivity contribution < 1.29 is 13.7 Å². The standard InChI is InChI=1S/C12H17FN2O2S/c1-8(15-18(16)12(2,3)4)10-6-9(13)7-14-11(10)17-5/h6-7H,1-5H3/b15-8+/t18-/m0/s1. The van der Waals surface area contributed by atoms with Crippen molar-refractivity contribution in [3.63, 3.8) is 0 Å². The van der Waals surface area contributed by atoms with Crippen LogP contribution in [0.2, 0.25) is 0 Å². The summed E-state index contributed by atoms with van der Waals surface area (Å²) in [4.78, 5) is 3.81. The SMILES string of the molecule is COc1ncc(F)cc1/C(C)=N/[S@@+]([O-])C(C)(C)C. The quantitative estimate of drug-likeness (QED) is 0.627. The zero-order valence-corrected chi connectivity index (χ0v) is 12.0. The summed E-state index contributed by atoms with van der Waals surface area (Å²) < 4.78 is 33.7. The van der Waals surface area contributed by atoms with E-state index in [1.54, 1.807) is 6.92 Å². The van der Waals surface area contributed by atoms with Crippen LogP contribution in [0.4, 0.5) is 4.39 Å². The van der Waals surface area contributed by atoms with Crippen LogP contribution < -0.4 is 4.74 Å². The van der Waals surface area contributed by atoms with Gasteiger partial charge in [0.25, 0.3) is 0 Å². The van der Waals surface area contributed by atoms with Gasteiger partial charge in [0, 0.05) is 0 Å². The Hall–Kier alpha value is -1.14. The zero-order valence-electron chi connectivity index (χ0n) is 11.2. The van der Waals surface area contributed by atoms with Crippen LogP contribution in [0.15, 0.2) is 16.7 Å². The highest BCUT2D eigenvalue weighted by molar-refractivity contribution is 7.91. The zero-order chi connectivity index (χ0) is 13.9. The molecule has 0 aliphatic heterocycles. The highest BCUT2D eigenvalue weighted by atomic mass is 32.2. The average molecular weight is 272 g/mol. The molecule has 6 heteroatoms. The summed E-state index contributed by atoms with van der Waals surface area (Å²) in [5.74, 6) is -0.217. The molecule has 0 spiro atoms. The van der Waals surface area contributed by atoms with Crippen molar-refractivity contribution in [2.45, 2.75) is 32.4 Å². The summed E-state index contributed by atoms with van der Waals surface area (Å²) in [5, 5.41) is 0. The van der Waals surface area contributed by atoms with E-state index in [1.165, 1.54) is 13.2 Å². The fraction of sp³-hybridized carbons (Fsp3) is 0.500. The highest BCUT2D eigenvalue weighted by Gasteiger charge is 2.27. The van der Waals surface area contributed by atoms with E-state index in [1.807, 2.05) is 20.8 Å². The Morgan fingerprint density at radius 2 is 2.11 bits per heavy atom. The second-order valence-electron chi connectivity index (χ2n) is 4.75. The molecule has 18 heavy (non-hydrogen) atoms. The molecule has 4 nitrogen and oxygen atoms in total. The number of hydrogen-bond acceptors (Lipinski definition) is 4. The second kappa shape index (κ2) is 5.67. The molecule has 1 heterocycles. The van der Waals surface area contributed by atoms with Crippen LogP contribution in [0.1, 0.15) is 33.3 Å². The number of methoxy groups -OCH3 is 1. The summed E-state index contributed by atoms with van der Waals surface area (Å²) in [6, 6.07) is 1.27. The molecule has 0 fully saturated rings. The molecular formula is C12H17FN2O2S. The molecule has 1 aromatic heterocycles. The third-order valence-electron chi connectivity index (χ3n) is 2.14. The van der Waals surface area contributed by atoms with E-state index in [0.29, 0.717) is 11.3 Å². The number of nitrogens with zero attached hydrogens (tertiary/aromatic N) is 2. The van der Waals surface area contributed by atoms with Crippen LogP contribution in [-0.4, -0.2) is 27.1 Å². The largest absolute Gasteiger partial charge is 0.591 e. The van der Waals surface area contributed by atoms with E-state index in [2.05, 4.69) is 9.38 Å². The van der Waals surface area contributed by atoms with Crippen molar-refractivity contribution >= 4 is 17.1 Å². The van der Waals surface area contributed by atoms with Crippen molar-refractivity contribution in [3.05, 3.63) is 23.6 Å². The second-order valence-corrected chi connectivity index (χ2v) is 6.65. The molecule has 0 aromatic carbocycles. The number of hydrogen-bond donors (Lipinski definition) is 0. The lowest BCUT2D eigenvalue weighted by atomic mass is 10.2. The Morgan fingerprint density at radius 3 is 2.61 bits per heavy atom. The Kier molecular flexibility index (Phi) is 4.70. The van der Waals surface area contributed by atoms with Crippen LogP contribution in [0, 0.1) is 5.82 Å². The van der Waals surface area contributed by atoms with Crippen molar-refractivity contribution in [2.75, 3.05) is 7.11 Å². The monoisotopic (exact) mass is 272 g/mol. The van der Waals surface area contributed by atoms with E-state index < -0.39 is 21.9 Å². The van der Waals surface area contributed by atoms with Gasteiger partial charge in [-0.25, -0.2) is 9.37 Å². The molecule has 0 saturated heterocycles. The smallest absolute Gasteiger partial charge is 0.222 e. The molecule has 0 amide bonds. The van der Waals surface area contributed by atoms with Gasteiger partial charge in [-0.05, 0) is 33.8 Å². The van der Waals surface area contributed by atoms with Gasteiger partial charge in [0.1, 0.15) is 27.6 Å². The van der Waals surface area contributed by atoms with E-state index in [9.17, 15) is 8.94 Å². The third kappa shape index (κ3) is 3.68. The van der Waals surface area contributed by atoms with Gasteiger partial charge in [0.2, 0.25) is 5.88 Å². The molecule has 100 valence electrons. The number of halogens is 1. The maximum Gasteiger partial charge on any atom is 0.222 e. The van der Waals surface area contributed by atoms with E-state index in [0.717, 1.165) is 6.20 Å². The molecule has 0 N–H and O–H groups in total. The number of rotatable bonds is 3. The molecule has 0 bridgehead atoms. The summed E-state index contributed by atoms with van der Waals surface area (Å²) in [6.45, 7) is 7.12. The van der Waals surface area contributed by atoms with Gasteiger partial charge in [0.05, 0.1) is 18.9 Å². The fourth-order valence-corrected chi connectivity index (χ4v) is 1.78. The van der Waals surface area contributed by atoms with Gasteiger partial charge >= 0.3 is 0 Å². The minimum atomic E-state index is -1.40. The maximum absolute atomic E-state index is 13.2. The van der Waals surface area contributed by atoms with E-state index in [4.69, 9.17) is 4.74 Å². The summed E-state index contributed by atoms with van der Waals surface area (Å²) in [6.07, 6.45) is 1.07. The number of aromatic nitrogens is 1. The minimum absolute atomic E-state index is 0.267. The Bertz CT molecular complexity index is 458. The predicted molar refractivity (Wildman–Crippen MR) is 70.9 cm³/mol. The Labute approximate surface area is 110 Å². The molecule has 1 aromatic rings. The fourth-order valence-electron chi connectivity index (χ4n) is 1.16. The summed E-state index contributed by atoms with van der Waals surface area (Å²) >= 11 is -1.40. The lowest BCUT2D eigenvalue weighted by molar-refractivity contribution is 0.395. The van der Waals surface area contributed by atoms with Crippen molar-refractivity contribution in [1.82, 2.24) is 4.98 Å². The average Bonchev–Trinajstić information content (AvgIpc) is 2.27. The van der Waals surface area contributed by atoms with E-state index >= 15 is 0 Å². The molecule has 0 unspecified atom stereocenters. The minimum Gasteiger partial charge on any atom is -0.591 e. The van der Waals surface area contributed by atoms with Gasteiger partial charge in [-0.15, -0.1) is 0 Å². The van der Waals surface area contributed by atoms with Gasteiger partial charge in [-0.3, -0.25) is 0 Å². The number of pyridine rings is 1. The van der Waals surface area contributed by atoms with E-state index in [-0.39, 0.29) is 5.88 Å². The van der Waals surface area contributed by atoms with Crippen molar-refractivity contribution in [3.8, 4) is 5.88 Å². The van der Waals surface area contributed by atoms with Gasteiger partial charge in [-0.2, -0.15) is 0 Å². The van der Waals surface area contributed by atoms with Gasteiger partial charge < -0.3 is 9.29 Å². The predicted octanol–water partition coefficient (Wildman–Crippen LogP) is 2.50. The summed E-state index contributed by atoms with van der Waals surface area (Å²) in [5.41, 5.74) is 0.849. The van der Waals surface area contributed by atoms with Gasteiger partial charge in [-0.1, -0.05) is 4.40 Å². The molecule has 0 aliphatic rings. The van der Waals surface area contributed by atoms with Crippen LogP contribution in [-0.2, 0) is 11.4 Å². The molecule has 0 aliphatic carbocycles. The van der Waals surface area contributed by atoms with Gasteiger partial charge in [0.15, 0.2) is 0 Å². The number of ether oxygens (including phenoxy) is 1. The molecule has 1 atom stereocenters. The van der Waals surface area contributed by atoms with Crippen LogP contribution in [0.5, 0.6) is 5.88 Å². The first-order valence-electron chi connectivity index (χ1n) is 5.43. The van der Waals surface area contributed by atoms with Crippen molar-refractivity contribution in [2.24, 2.45) is 4.40 Å². The molecule has 0 radical (unpaired) electrons. The maximum atomic E-state index is 13.2. The first kappa shape index (κ1) is 14.9. The third-order valence-corrected chi connectivity index (χ3v) is 3.63. The Morgan fingerprint density at radius 1 is 1.50 bits per heavy atom. The first-order chi connectivity index (χ1) is 8.25. The normalized spacial score (nSPS) is 14.5. The van der Waals surface area contributed by atoms with Crippen LogP contribution >= 0.6 is 0 Å². The summed E-state index contributed by atoms with van der Waals surface area (Å²) in [7, 11) is 1.44. The molecule has 0 saturated carbocycles. The molecule has 1 rings (SSSR count). The topological polar surface area (TPSA) is 57.5 Å². The van der Waals surface area contributed by atoms with Crippen LogP contribution in [0.25, 0.3) is 0 Å². The Balaban J connectivity index is 3.14. The van der Waals surface area contributed by atoms with Crippen LogP contribution in [0.3, 0.4) is 0 Å². The van der Waals surface area contributed by atoms with Crippen molar-refractivity contribution in [1.29, 1.82) is 0 Å². The first-order valence-corrected chi connectivity index (χ1v) is 6.53. The highest BCUT2D eigenvalue weighted by Crippen LogP contribution is 2.21.